The Hall–Kier alpha value is -1.22. The highest BCUT2D eigenvalue weighted by atomic mass is 16.5. The van der Waals surface area contributed by atoms with Crippen molar-refractivity contribution in [2.24, 2.45) is 11.7 Å². The standard InChI is InChI=1S/C14H21NO2/c1-16-13-4-5-14(12(10-13)6-8-15)17-9-7-11-2-3-11/h4-5,10-11H,2-3,6-9,15H2,1H3. The van der Waals surface area contributed by atoms with Gasteiger partial charge in [-0.05, 0) is 49.1 Å². The van der Waals surface area contributed by atoms with Gasteiger partial charge in [0.2, 0.25) is 0 Å². The average molecular weight is 235 g/mol. The molecule has 2 rings (SSSR count). The lowest BCUT2D eigenvalue weighted by atomic mass is 10.1. The first-order valence-corrected chi connectivity index (χ1v) is 6.33. The third kappa shape index (κ3) is 3.63. The SMILES string of the molecule is COc1ccc(OCCC2CC2)c(CCN)c1. The van der Waals surface area contributed by atoms with Crippen molar-refractivity contribution in [3.05, 3.63) is 23.8 Å². The van der Waals surface area contributed by atoms with Crippen molar-refractivity contribution < 1.29 is 9.47 Å². The summed E-state index contributed by atoms with van der Waals surface area (Å²) in [5.74, 6) is 2.73. The van der Waals surface area contributed by atoms with Gasteiger partial charge in [-0.1, -0.05) is 12.8 Å². The molecule has 0 unspecified atom stereocenters. The van der Waals surface area contributed by atoms with Crippen LogP contribution < -0.4 is 15.2 Å². The molecule has 0 aromatic heterocycles. The van der Waals surface area contributed by atoms with E-state index in [1.54, 1.807) is 7.11 Å². The topological polar surface area (TPSA) is 44.5 Å². The van der Waals surface area contributed by atoms with Gasteiger partial charge in [-0.2, -0.15) is 0 Å². The number of methoxy groups -OCH3 is 1. The van der Waals surface area contributed by atoms with Gasteiger partial charge in [-0.25, -0.2) is 0 Å². The van der Waals surface area contributed by atoms with E-state index in [4.69, 9.17) is 15.2 Å². The highest BCUT2D eigenvalue weighted by Crippen LogP contribution is 2.32. The zero-order valence-corrected chi connectivity index (χ0v) is 10.4. The Balaban J connectivity index is 1.96. The fourth-order valence-corrected chi connectivity index (χ4v) is 1.92. The minimum atomic E-state index is 0.631. The van der Waals surface area contributed by atoms with Crippen LogP contribution in [0, 0.1) is 5.92 Å². The molecule has 0 radical (unpaired) electrons. The molecule has 3 heteroatoms. The summed E-state index contributed by atoms with van der Waals surface area (Å²) in [5.41, 5.74) is 6.75. The van der Waals surface area contributed by atoms with Crippen LogP contribution in [0.25, 0.3) is 0 Å². The first-order chi connectivity index (χ1) is 8.33. The van der Waals surface area contributed by atoms with Gasteiger partial charge in [0.05, 0.1) is 13.7 Å². The van der Waals surface area contributed by atoms with Gasteiger partial charge in [0, 0.05) is 0 Å². The fourth-order valence-electron chi connectivity index (χ4n) is 1.92. The van der Waals surface area contributed by atoms with E-state index in [2.05, 4.69) is 0 Å². The van der Waals surface area contributed by atoms with Crippen molar-refractivity contribution in [2.75, 3.05) is 20.3 Å². The van der Waals surface area contributed by atoms with Crippen LogP contribution in [-0.2, 0) is 6.42 Å². The largest absolute Gasteiger partial charge is 0.497 e. The molecule has 1 fully saturated rings. The quantitative estimate of drug-likeness (QED) is 0.789. The van der Waals surface area contributed by atoms with Crippen LogP contribution in [0.5, 0.6) is 11.5 Å². The molecule has 0 atom stereocenters. The van der Waals surface area contributed by atoms with E-state index in [0.717, 1.165) is 36.0 Å². The van der Waals surface area contributed by atoms with Crippen LogP contribution in [0.15, 0.2) is 18.2 Å². The summed E-state index contributed by atoms with van der Waals surface area (Å²) in [5, 5.41) is 0. The van der Waals surface area contributed by atoms with Crippen LogP contribution in [0.1, 0.15) is 24.8 Å². The highest BCUT2D eigenvalue weighted by Gasteiger charge is 2.20. The van der Waals surface area contributed by atoms with Crippen LogP contribution in [0.3, 0.4) is 0 Å². The van der Waals surface area contributed by atoms with E-state index < -0.39 is 0 Å². The van der Waals surface area contributed by atoms with Gasteiger partial charge in [-0.15, -0.1) is 0 Å². The Bertz CT molecular complexity index is 361. The molecule has 1 aliphatic carbocycles. The van der Waals surface area contributed by atoms with Crippen molar-refractivity contribution in [3.8, 4) is 11.5 Å². The lowest BCUT2D eigenvalue weighted by molar-refractivity contribution is 0.299. The Labute approximate surface area is 103 Å². The first kappa shape index (κ1) is 12.2. The second kappa shape index (κ2) is 5.92. The monoisotopic (exact) mass is 235 g/mol. The van der Waals surface area contributed by atoms with Gasteiger partial charge in [-0.3, -0.25) is 0 Å². The summed E-state index contributed by atoms with van der Waals surface area (Å²) >= 11 is 0. The lowest BCUT2D eigenvalue weighted by Gasteiger charge is -2.12. The molecule has 0 amide bonds. The number of nitrogens with two attached hydrogens (primary N) is 1. The second-order valence-corrected chi connectivity index (χ2v) is 4.59. The van der Waals surface area contributed by atoms with Gasteiger partial charge in [0.15, 0.2) is 0 Å². The predicted octanol–water partition coefficient (Wildman–Crippen LogP) is 2.38. The molecule has 94 valence electrons. The molecular weight excluding hydrogens is 214 g/mol. The first-order valence-electron chi connectivity index (χ1n) is 6.33. The van der Waals surface area contributed by atoms with E-state index >= 15 is 0 Å². The van der Waals surface area contributed by atoms with Gasteiger partial charge >= 0.3 is 0 Å². The third-order valence-electron chi connectivity index (χ3n) is 3.16. The molecule has 2 N–H and O–H groups in total. The Morgan fingerprint density at radius 2 is 2.18 bits per heavy atom. The smallest absolute Gasteiger partial charge is 0.122 e. The molecule has 0 spiro atoms. The summed E-state index contributed by atoms with van der Waals surface area (Å²) in [6, 6.07) is 5.93. The molecule has 0 heterocycles. The van der Waals surface area contributed by atoms with E-state index in [-0.39, 0.29) is 0 Å². The summed E-state index contributed by atoms with van der Waals surface area (Å²) in [4.78, 5) is 0. The number of ether oxygens (including phenoxy) is 2. The maximum absolute atomic E-state index is 5.83. The van der Waals surface area contributed by atoms with Crippen molar-refractivity contribution in [3.63, 3.8) is 0 Å². The van der Waals surface area contributed by atoms with E-state index in [1.165, 1.54) is 19.3 Å². The van der Waals surface area contributed by atoms with Crippen molar-refractivity contribution in [1.82, 2.24) is 0 Å². The Morgan fingerprint density at radius 1 is 1.35 bits per heavy atom. The third-order valence-corrected chi connectivity index (χ3v) is 3.16. The zero-order chi connectivity index (χ0) is 12.1. The molecule has 3 nitrogen and oxygen atoms in total. The maximum atomic E-state index is 5.83. The summed E-state index contributed by atoms with van der Waals surface area (Å²) in [6.45, 7) is 1.45. The predicted molar refractivity (Wildman–Crippen MR) is 68.6 cm³/mol. The molecule has 1 aromatic carbocycles. The van der Waals surface area contributed by atoms with E-state index in [1.807, 2.05) is 18.2 Å². The van der Waals surface area contributed by atoms with Gasteiger partial charge in [0.1, 0.15) is 11.5 Å². The van der Waals surface area contributed by atoms with Gasteiger partial charge < -0.3 is 15.2 Å². The van der Waals surface area contributed by atoms with Crippen LogP contribution >= 0.6 is 0 Å². The molecule has 0 saturated heterocycles. The van der Waals surface area contributed by atoms with Crippen LogP contribution in [0.4, 0.5) is 0 Å². The number of hydrogen-bond acceptors (Lipinski definition) is 3. The maximum Gasteiger partial charge on any atom is 0.122 e. The number of hydrogen-bond donors (Lipinski definition) is 1. The highest BCUT2D eigenvalue weighted by molar-refractivity contribution is 5.40. The normalized spacial score (nSPS) is 14.7. The average Bonchev–Trinajstić information content (AvgIpc) is 3.15. The molecular formula is C14H21NO2. The lowest BCUT2D eigenvalue weighted by Crippen LogP contribution is -2.06. The summed E-state index contributed by atoms with van der Waals surface area (Å²) < 4.78 is 11.0. The number of benzene rings is 1. The zero-order valence-electron chi connectivity index (χ0n) is 10.4. The Morgan fingerprint density at radius 3 is 2.82 bits per heavy atom. The van der Waals surface area contributed by atoms with Crippen LogP contribution in [-0.4, -0.2) is 20.3 Å². The summed E-state index contributed by atoms with van der Waals surface area (Å²) in [6.07, 6.45) is 4.76. The molecule has 1 aromatic rings. The van der Waals surface area contributed by atoms with Gasteiger partial charge in [0.25, 0.3) is 0 Å². The number of rotatable bonds is 7. The Kier molecular flexibility index (Phi) is 4.26. The molecule has 0 bridgehead atoms. The fraction of sp³-hybridized carbons (Fsp3) is 0.571. The minimum absolute atomic E-state index is 0.631. The molecule has 1 aliphatic rings. The van der Waals surface area contributed by atoms with E-state index in [0.29, 0.717) is 6.54 Å². The van der Waals surface area contributed by atoms with Crippen molar-refractivity contribution in [1.29, 1.82) is 0 Å². The molecule has 1 saturated carbocycles. The van der Waals surface area contributed by atoms with Crippen LogP contribution in [0.2, 0.25) is 0 Å². The van der Waals surface area contributed by atoms with E-state index in [9.17, 15) is 0 Å². The molecule has 17 heavy (non-hydrogen) atoms. The van der Waals surface area contributed by atoms with Crippen molar-refractivity contribution in [2.45, 2.75) is 25.7 Å². The van der Waals surface area contributed by atoms with Crippen molar-refractivity contribution >= 4 is 0 Å². The molecule has 0 aliphatic heterocycles. The summed E-state index contributed by atoms with van der Waals surface area (Å²) in [7, 11) is 1.68. The second-order valence-electron chi connectivity index (χ2n) is 4.59. The minimum Gasteiger partial charge on any atom is -0.497 e.